The summed E-state index contributed by atoms with van der Waals surface area (Å²) < 4.78 is 33.7. The van der Waals surface area contributed by atoms with E-state index in [1.54, 1.807) is 13.8 Å². The number of hydrogen-bond acceptors (Lipinski definition) is 3. The molecule has 1 saturated heterocycles. The summed E-state index contributed by atoms with van der Waals surface area (Å²) in [5.74, 6) is 0.0780. The van der Waals surface area contributed by atoms with Gasteiger partial charge in [0.25, 0.3) is 0 Å². The van der Waals surface area contributed by atoms with Crippen LogP contribution in [0, 0.1) is 3.57 Å². The smallest absolute Gasteiger partial charge is 0.214 e. The van der Waals surface area contributed by atoms with Crippen LogP contribution in [0.5, 0.6) is 0 Å². The number of benzene rings is 1. The van der Waals surface area contributed by atoms with Crippen LogP contribution >= 0.6 is 22.6 Å². The molecule has 1 N–H and O–H groups in total. The number of nitrogens with one attached hydrogen (secondary N) is 1. The topological polar surface area (TPSA) is 55.4 Å². The molecule has 4 nitrogen and oxygen atoms in total. The summed E-state index contributed by atoms with van der Waals surface area (Å²) in [6.07, 6.45) is 0.711. The second-order valence-electron chi connectivity index (χ2n) is 5.34. The van der Waals surface area contributed by atoms with Crippen molar-refractivity contribution >= 4 is 32.6 Å². The number of ether oxygens (including phenoxy) is 1. The summed E-state index contributed by atoms with van der Waals surface area (Å²) in [7, 11) is -3.25. The molecule has 0 bridgehead atoms. The highest BCUT2D eigenvalue weighted by Gasteiger charge is 2.31. The van der Waals surface area contributed by atoms with Crippen molar-refractivity contribution < 1.29 is 13.2 Å². The molecule has 112 valence electrons. The quantitative estimate of drug-likeness (QED) is 0.778. The average Bonchev–Trinajstić information content (AvgIpc) is 2.40. The van der Waals surface area contributed by atoms with Crippen LogP contribution in [0.3, 0.4) is 0 Å². The Labute approximate surface area is 134 Å². The summed E-state index contributed by atoms with van der Waals surface area (Å²) in [6, 6.07) is 8.10. The van der Waals surface area contributed by atoms with E-state index in [1.165, 1.54) is 3.57 Å². The van der Waals surface area contributed by atoms with E-state index < -0.39 is 15.3 Å². The fourth-order valence-corrected chi connectivity index (χ4v) is 3.60. The highest BCUT2D eigenvalue weighted by molar-refractivity contribution is 14.1. The van der Waals surface area contributed by atoms with Gasteiger partial charge in [0, 0.05) is 22.1 Å². The Morgan fingerprint density at radius 3 is 2.55 bits per heavy atom. The predicted molar refractivity (Wildman–Crippen MR) is 88.3 cm³/mol. The zero-order valence-corrected chi connectivity index (χ0v) is 14.6. The summed E-state index contributed by atoms with van der Waals surface area (Å²) in [5, 5.41) is -0.414. The van der Waals surface area contributed by atoms with E-state index >= 15 is 0 Å². The molecule has 0 spiro atoms. The van der Waals surface area contributed by atoms with Crippen molar-refractivity contribution in [2.24, 2.45) is 0 Å². The lowest BCUT2D eigenvalue weighted by molar-refractivity contribution is 0.0653. The maximum Gasteiger partial charge on any atom is 0.214 e. The molecule has 2 atom stereocenters. The Morgan fingerprint density at radius 2 is 1.95 bits per heavy atom. The van der Waals surface area contributed by atoms with Crippen LogP contribution in [0.4, 0.5) is 0 Å². The zero-order chi connectivity index (χ0) is 14.8. The lowest BCUT2D eigenvalue weighted by Crippen LogP contribution is -2.46. The first-order valence-corrected chi connectivity index (χ1v) is 9.37. The molecule has 0 aromatic heterocycles. The van der Waals surface area contributed by atoms with Gasteiger partial charge in [0.15, 0.2) is 0 Å². The van der Waals surface area contributed by atoms with Crippen molar-refractivity contribution in [1.82, 2.24) is 4.72 Å². The molecule has 2 rings (SSSR count). The molecule has 0 aliphatic carbocycles. The fourth-order valence-electron chi connectivity index (χ4n) is 2.26. The third-order valence-corrected chi connectivity index (χ3v) is 6.18. The predicted octanol–water partition coefficient (Wildman–Crippen LogP) is 2.49. The van der Waals surface area contributed by atoms with Crippen LogP contribution < -0.4 is 4.72 Å². The third kappa shape index (κ3) is 3.93. The van der Waals surface area contributed by atoms with Crippen LogP contribution in [0.15, 0.2) is 24.3 Å². The van der Waals surface area contributed by atoms with Gasteiger partial charge in [0.1, 0.15) is 0 Å². The van der Waals surface area contributed by atoms with Crippen molar-refractivity contribution in [2.45, 2.75) is 37.5 Å². The Balaban J connectivity index is 2.19. The SMILES string of the molecule is CC(C)S(=O)(=O)N[C@@H]1CCOC[C@@H]1c1ccc(I)cc1. The van der Waals surface area contributed by atoms with Crippen LogP contribution in [0.25, 0.3) is 0 Å². The van der Waals surface area contributed by atoms with E-state index in [4.69, 9.17) is 4.74 Å². The summed E-state index contributed by atoms with van der Waals surface area (Å²) >= 11 is 2.26. The molecule has 1 aliphatic rings. The van der Waals surface area contributed by atoms with Gasteiger partial charge in [0.2, 0.25) is 10.0 Å². The van der Waals surface area contributed by atoms with Gasteiger partial charge in [-0.1, -0.05) is 12.1 Å². The van der Waals surface area contributed by atoms with Crippen molar-refractivity contribution in [2.75, 3.05) is 13.2 Å². The molecule has 0 radical (unpaired) electrons. The minimum absolute atomic E-state index is 0.0780. The lowest BCUT2D eigenvalue weighted by Gasteiger charge is -2.32. The number of sulfonamides is 1. The van der Waals surface area contributed by atoms with Gasteiger partial charge in [0.05, 0.1) is 11.9 Å². The van der Waals surface area contributed by atoms with Crippen molar-refractivity contribution in [3.05, 3.63) is 33.4 Å². The first-order valence-electron chi connectivity index (χ1n) is 6.74. The second-order valence-corrected chi connectivity index (χ2v) is 8.85. The third-order valence-electron chi connectivity index (χ3n) is 3.59. The number of hydrogen-bond donors (Lipinski definition) is 1. The van der Waals surface area contributed by atoms with Gasteiger partial charge in [-0.3, -0.25) is 0 Å². The molecular formula is C14H20INO3S. The van der Waals surface area contributed by atoms with Crippen molar-refractivity contribution in [1.29, 1.82) is 0 Å². The van der Waals surface area contributed by atoms with E-state index in [2.05, 4.69) is 39.4 Å². The van der Waals surface area contributed by atoms with Crippen LogP contribution in [-0.4, -0.2) is 32.9 Å². The zero-order valence-electron chi connectivity index (χ0n) is 11.7. The minimum Gasteiger partial charge on any atom is -0.381 e. The molecule has 0 unspecified atom stereocenters. The second kappa shape index (κ2) is 6.72. The Bertz CT molecular complexity index is 542. The first kappa shape index (κ1) is 16.2. The van der Waals surface area contributed by atoms with Gasteiger partial charge >= 0.3 is 0 Å². The van der Waals surface area contributed by atoms with E-state index in [0.29, 0.717) is 19.6 Å². The average molecular weight is 409 g/mol. The van der Waals surface area contributed by atoms with Gasteiger partial charge in [-0.2, -0.15) is 0 Å². The van der Waals surface area contributed by atoms with E-state index in [0.717, 1.165) is 5.56 Å². The first-order chi connectivity index (χ1) is 9.40. The maximum atomic E-state index is 12.1. The van der Waals surface area contributed by atoms with E-state index in [9.17, 15) is 8.42 Å². The van der Waals surface area contributed by atoms with Gasteiger partial charge in [-0.05, 0) is 60.6 Å². The summed E-state index contributed by atoms with van der Waals surface area (Å²) in [5.41, 5.74) is 1.13. The van der Waals surface area contributed by atoms with Crippen LogP contribution in [0.2, 0.25) is 0 Å². The molecule has 1 aromatic carbocycles. The molecule has 0 amide bonds. The van der Waals surface area contributed by atoms with E-state index in [-0.39, 0.29) is 12.0 Å². The van der Waals surface area contributed by atoms with Crippen molar-refractivity contribution in [3.8, 4) is 0 Å². The van der Waals surface area contributed by atoms with Crippen LogP contribution in [0.1, 0.15) is 31.7 Å². The minimum atomic E-state index is -3.25. The summed E-state index contributed by atoms with van der Waals surface area (Å²) in [6.45, 7) is 4.56. The molecule has 1 heterocycles. The maximum absolute atomic E-state index is 12.1. The standard InChI is InChI=1S/C14H20INO3S/c1-10(2)20(17,18)16-14-7-8-19-9-13(14)11-3-5-12(15)6-4-11/h3-6,10,13-14,16H,7-9H2,1-2H3/t13-,14-/m1/s1. The highest BCUT2D eigenvalue weighted by Crippen LogP contribution is 2.27. The van der Waals surface area contributed by atoms with Gasteiger partial charge < -0.3 is 4.74 Å². The molecule has 1 aromatic rings. The Morgan fingerprint density at radius 1 is 1.30 bits per heavy atom. The molecule has 6 heteroatoms. The van der Waals surface area contributed by atoms with E-state index in [1.807, 2.05) is 12.1 Å². The van der Waals surface area contributed by atoms with Crippen molar-refractivity contribution in [3.63, 3.8) is 0 Å². The highest BCUT2D eigenvalue weighted by atomic mass is 127. The lowest BCUT2D eigenvalue weighted by atomic mass is 9.89. The molecule has 20 heavy (non-hydrogen) atoms. The summed E-state index contributed by atoms with van der Waals surface area (Å²) in [4.78, 5) is 0. The molecule has 0 saturated carbocycles. The molecular weight excluding hydrogens is 389 g/mol. The Hall–Kier alpha value is -0.180. The monoisotopic (exact) mass is 409 g/mol. The normalized spacial score (nSPS) is 24.0. The largest absolute Gasteiger partial charge is 0.381 e. The van der Waals surface area contributed by atoms with Gasteiger partial charge in [-0.15, -0.1) is 0 Å². The van der Waals surface area contributed by atoms with Crippen LogP contribution in [-0.2, 0) is 14.8 Å². The fraction of sp³-hybridized carbons (Fsp3) is 0.571. The van der Waals surface area contributed by atoms with Gasteiger partial charge in [-0.25, -0.2) is 13.1 Å². The molecule has 1 aliphatic heterocycles. The molecule has 1 fully saturated rings. The number of halogens is 1. The Kier molecular flexibility index (Phi) is 5.44. The number of rotatable bonds is 4.